The molecule has 3 heterocycles. The van der Waals surface area contributed by atoms with E-state index in [9.17, 15) is 18.0 Å². The summed E-state index contributed by atoms with van der Waals surface area (Å²) in [4.78, 5) is 24.9. The summed E-state index contributed by atoms with van der Waals surface area (Å²) in [6.07, 6.45) is 1.88. The lowest BCUT2D eigenvalue weighted by Gasteiger charge is -2.12. The SMILES string of the molecule is Cc1coc2c1c(C)cc1oc(=O)c(CC(=O)N[C@@H]3CCS(=O)(=O)C3)c(C)c12. The van der Waals surface area contributed by atoms with Crippen LogP contribution in [-0.4, -0.2) is 31.9 Å². The highest BCUT2D eigenvalue weighted by molar-refractivity contribution is 7.91. The summed E-state index contributed by atoms with van der Waals surface area (Å²) in [6.45, 7) is 5.65. The Morgan fingerprint density at radius 1 is 1.21 bits per heavy atom. The van der Waals surface area contributed by atoms with Crippen LogP contribution in [0, 0.1) is 20.8 Å². The van der Waals surface area contributed by atoms with Crippen LogP contribution in [0.2, 0.25) is 0 Å². The molecule has 0 aliphatic carbocycles. The Morgan fingerprint density at radius 2 is 1.96 bits per heavy atom. The minimum Gasteiger partial charge on any atom is -0.463 e. The summed E-state index contributed by atoms with van der Waals surface area (Å²) in [5.41, 5.74) is 3.32. The summed E-state index contributed by atoms with van der Waals surface area (Å²) in [7, 11) is -3.09. The first-order chi connectivity index (χ1) is 13.2. The second-order valence-electron chi connectivity index (χ2n) is 7.53. The van der Waals surface area contributed by atoms with Crippen LogP contribution in [-0.2, 0) is 21.1 Å². The van der Waals surface area contributed by atoms with Crippen molar-refractivity contribution in [3.05, 3.63) is 45.0 Å². The molecule has 0 radical (unpaired) electrons. The zero-order valence-electron chi connectivity index (χ0n) is 15.9. The molecule has 1 atom stereocenters. The number of fused-ring (bicyclic) bond motifs is 3. The number of hydrogen-bond donors (Lipinski definition) is 1. The van der Waals surface area contributed by atoms with Crippen molar-refractivity contribution < 1.29 is 22.0 Å². The van der Waals surface area contributed by atoms with Crippen molar-refractivity contribution >= 4 is 37.7 Å². The molecule has 0 bridgehead atoms. The molecule has 1 N–H and O–H groups in total. The monoisotopic (exact) mass is 403 g/mol. The number of benzene rings is 1. The molecule has 1 aromatic carbocycles. The largest absolute Gasteiger partial charge is 0.463 e. The third kappa shape index (κ3) is 3.11. The lowest BCUT2D eigenvalue weighted by Crippen LogP contribution is -2.37. The van der Waals surface area contributed by atoms with E-state index in [4.69, 9.17) is 8.83 Å². The number of carbonyl (C=O) groups excluding carboxylic acids is 1. The topological polar surface area (TPSA) is 107 Å². The van der Waals surface area contributed by atoms with Crippen molar-refractivity contribution in [2.24, 2.45) is 0 Å². The van der Waals surface area contributed by atoms with E-state index in [1.165, 1.54) is 0 Å². The van der Waals surface area contributed by atoms with Crippen LogP contribution in [0.15, 0.2) is 26.0 Å². The van der Waals surface area contributed by atoms with Crippen LogP contribution in [0.3, 0.4) is 0 Å². The number of furan rings is 1. The van der Waals surface area contributed by atoms with E-state index < -0.39 is 27.4 Å². The molecule has 0 saturated carbocycles. The van der Waals surface area contributed by atoms with Gasteiger partial charge in [0.05, 0.1) is 35.1 Å². The van der Waals surface area contributed by atoms with E-state index in [2.05, 4.69) is 5.32 Å². The van der Waals surface area contributed by atoms with Gasteiger partial charge in [-0.2, -0.15) is 0 Å². The molecule has 0 spiro atoms. The van der Waals surface area contributed by atoms with Crippen molar-refractivity contribution in [3.8, 4) is 0 Å². The summed E-state index contributed by atoms with van der Waals surface area (Å²) in [5.74, 6) is -0.379. The van der Waals surface area contributed by atoms with Crippen LogP contribution >= 0.6 is 0 Å². The maximum absolute atomic E-state index is 12.5. The number of aryl methyl sites for hydroxylation is 3. The van der Waals surface area contributed by atoms with E-state index in [1.54, 1.807) is 13.2 Å². The minimum atomic E-state index is -3.09. The van der Waals surface area contributed by atoms with Gasteiger partial charge in [-0.05, 0) is 49.9 Å². The predicted molar refractivity (Wildman–Crippen MR) is 105 cm³/mol. The fourth-order valence-electron chi connectivity index (χ4n) is 4.03. The van der Waals surface area contributed by atoms with Crippen LogP contribution in [0.5, 0.6) is 0 Å². The highest BCUT2D eigenvalue weighted by atomic mass is 32.2. The second-order valence-corrected chi connectivity index (χ2v) is 9.76. The summed E-state index contributed by atoms with van der Waals surface area (Å²) in [6, 6.07) is 1.40. The Kier molecular flexibility index (Phi) is 4.33. The quantitative estimate of drug-likeness (QED) is 0.673. The molecule has 0 unspecified atom stereocenters. The Bertz CT molecular complexity index is 1280. The number of rotatable bonds is 3. The maximum Gasteiger partial charge on any atom is 0.340 e. The minimum absolute atomic E-state index is 0.0599. The predicted octanol–water partition coefficient (Wildman–Crippen LogP) is 2.31. The van der Waals surface area contributed by atoms with Crippen molar-refractivity contribution in [1.82, 2.24) is 5.32 Å². The fraction of sp³-hybridized carbons (Fsp3) is 0.400. The molecule has 1 aliphatic heterocycles. The van der Waals surface area contributed by atoms with E-state index in [0.29, 0.717) is 28.5 Å². The molecule has 148 valence electrons. The lowest BCUT2D eigenvalue weighted by atomic mass is 9.98. The second kappa shape index (κ2) is 6.48. The summed E-state index contributed by atoms with van der Waals surface area (Å²) < 4.78 is 34.3. The maximum atomic E-state index is 12.5. The van der Waals surface area contributed by atoms with Crippen LogP contribution < -0.4 is 10.9 Å². The first-order valence-corrected chi connectivity index (χ1v) is 10.9. The highest BCUT2D eigenvalue weighted by Crippen LogP contribution is 2.34. The molecule has 1 fully saturated rings. The van der Waals surface area contributed by atoms with E-state index in [1.807, 2.05) is 19.9 Å². The van der Waals surface area contributed by atoms with Gasteiger partial charge in [-0.15, -0.1) is 0 Å². The Morgan fingerprint density at radius 3 is 2.64 bits per heavy atom. The van der Waals surface area contributed by atoms with Crippen LogP contribution in [0.25, 0.3) is 21.9 Å². The molecule has 1 amide bonds. The Labute approximate surface area is 161 Å². The summed E-state index contributed by atoms with van der Waals surface area (Å²) in [5, 5.41) is 4.36. The van der Waals surface area contributed by atoms with Gasteiger partial charge in [-0.1, -0.05) is 0 Å². The molecule has 2 aromatic heterocycles. The molecule has 4 rings (SSSR count). The van der Waals surface area contributed by atoms with Gasteiger partial charge < -0.3 is 14.2 Å². The van der Waals surface area contributed by atoms with Gasteiger partial charge in [0.1, 0.15) is 11.2 Å². The molecule has 8 heteroatoms. The van der Waals surface area contributed by atoms with Gasteiger partial charge >= 0.3 is 5.63 Å². The van der Waals surface area contributed by atoms with E-state index >= 15 is 0 Å². The van der Waals surface area contributed by atoms with Gasteiger partial charge in [0.2, 0.25) is 5.91 Å². The van der Waals surface area contributed by atoms with Gasteiger partial charge in [0, 0.05) is 11.4 Å². The molecule has 1 saturated heterocycles. The van der Waals surface area contributed by atoms with Gasteiger partial charge in [-0.25, -0.2) is 13.2 Å². The van der Waals surface area contributed by atoms with Crippen molar-refractivity contribution in [3.63, 3.8) is 0 Å². The molecule has 7 nitrogen and oxygen atoms in total. The van der Waals surface area contributed by atoms with Crippen molar-refractivity contribution in [2.75, 3.05) is 11.5 Å². The third-order valence-corrected chi connectivity index (χ3v) is 7.17. The molecular formula is C20H21NO6S. The first kappa shape index (κ1) is 18.7. The summed E-state index contributed by atoms with van der Waals surface area (Å²) >= 11 is 0. The van der Waals surface area contributed by atoms with Crippen molar-refractivity contribution in [1.29, 1.82) is 0 Å². The van der Waals surface area contributed by atoms with Crippen LogP contribution in [0.1, 0.15) is 28.7 Å². The molecule has 3 aromatic rings. The molecular weight excluding hydrogens is 382 g/mol. The van der Waals surface area contributed by atoms with Gasteiger partial charge in [0.15, 0.2) is 9.84 Å². The normalized spacial score (nSPS) is 18.8. The average Bonchev–Trinajstić information content (AvgIpc) is 3.14. The third-order valence-electron chi connectivity index (χ3n) is 5.40. The Hall–Kier alpha value is -2.61. The number of amides is 1. The zero-order valence-corrected chi connectivity index (χ0v) is 16.7. The van der Waals surface area contributed by atoms with Gasteiger partial charge in [0.25, 0.3) is 0 Å². The number of carbonyl (C=O) groups is 1. The standard InChI is InChI=1S/C20H21NO6S/c1-10-6-15-18(19-17(10)11(2)8-26-19)12(3)14(20(23)27-15)7-16(22)21-13-4-5-28(24,25)9-13/h6,8,13H,4-5,7,9H2,1-3H3,(H,21,22)/t13-/m1/s1. The fourth-order valence-corrected chi connectivity index (χ4v) is 5.70. The Balaban J connectivity index is 1.73. The lowest BCUT2D eigenvalue weighted by molar-refractivity contribution is -0.121. The smallest absolute Gasteiger partial charge is 0.340 e. The van der Waals surface area contributed by atoms with Crippen LogP contribution in [0.4, 0.5) is 0 Å². The van der Waals surface area contributed by atoms with Gasteiger partial charge in [-0.3, -0.25) is 4.79 Å². The van der Waals surface area contributed by atoms with E-state index in [-0.39, 0.29) is 23.5 Å². The number of nitrogens with one attached hydrogen (secondary N) is 1. The molecule has 1 aliphatic rings. The molecule has 28 heavy (non-hydrogen) atoms. The van der Waals surface area contributed by atoms with E-state index in [0.717, 1.165) is 16.5 Å². The number of sulfone groups is 1. The average molecular weight is 403 g/mol. The highest BCUT2D eigenvalue weighted by Gasteiger charge is 2.29. The first-order valence-electron chi connectivity index (χ1n) is 9.10. The number of hydrogen-bond acceptors (Lipinski definition) is 6. The zero-order chi connectivity index (χ0) is 20.2. The van der Waals surface area contributed by atoms with Crippen molar-refractivity contribution in [2.45, 2.75) is 39.7 Å².